The Labute approximate surface area is 95.5 Å². The Balaban J connectivity index is 3.46. The molecule has 0 aromatic rings. The van der Waals surface area contributed by atoms with Gasteiger partial charge in [-0.15, -0.1) is 0 Å². The maximum Gasteiger partial charge on any atom is 0.306 e. The van der Waals surface area contributed by atoms with Crippen molar-refractivity contribution in [2.75, 3.05) is 0 Å². The van der Waals surface area contributed by atoms with Crippen molar-refractivity contribution in [3.05, 3.63) is 0 Å². The summed E-state index contributed by atoms with van der Waals surface area (Å²) in [6, 6.07) is 0. The first-order chi connectivity index (χ1) is 6.31. The second kappa shape index (κ2) is 6.44. The topological polar surface area (TPSA) is 26.3 Å². The van der Waals surface area contributed by atoms with Crippen LogP contribution in [0.25, 0.3) is 0 Å². The lowest BCUT2D eigenvalue weighted by Crippen LogP contribution is -2.23. The SMILES string of the molecule is C[C@H](Br)CCCCC(=O)OC(C)(C)C. The monoisotopic (exact) mass is 264 g/mol. The van der Waals surface area contributed by atoms with Crippen LogP contribution in [0, 0.1) is 0 Å². The van der Waals surface area contributed by atoms with E-state index in [1.807, 2.05) is 20.8 Å². The number of carbonyl (C=O) groups excluding carboxylic acids is 1. The van der Waals surface area contributed by atoms with E-state index in [1.54, 1.807) is 0 Å². The predicted octanol–water partition coefficient (Wildman–Crippen LogP) is 3.67. The molecular formula is C11H21BrO2. The highest BCUT2D eigenvalue weighted by Crippen LogP contribution is 2.13. The molecule has 0 aliphatic carbocycles. The molecule has 0 saturated carbocycles. The van der Waals surface area contributed by atoms with Crippen LogP contribution in [0.1, 0.15) is 53.4 Å². The summed E-state index contributed by atoms with van der Waals surface area (Å²) in [7, 11) is 0. The van der Waals surface area contributed by atoms with Crippen LogP contribution >= 0.6 is 15.9 Å². The highest BCUT2D eigenvalue weighted by molar-refractivity contribution is 9.09. The summed E-state index contributed by atoms with van der Waals surface area (Å²) < 4.78 is 5.19. The second-order valence-corrected chi connectivity index (χ2v) is 6.18. The molecule has 0 aromatic carbocycles. The third-order valence-corrected chi connectivity index (χ3v) is 2.11. The van der Waals surface area contributed by atoms with Crippen molar-refractivity contribution in [2.45, 2.75) is 63.8 Å². The van der Waals surface area contributed by atoms with Gasteiger partial charge in [0.1, 0.15) is 5.60 Å². The Morgan fingerprint density at radius 2 is 1.93 bits per heavy atom. The van der Waals surface area contributed by atoms with Gasteiger partial charge in [0.15, 0.2) is 0 Å². The van der Waals surface area contributed by atoms with Crippen LogP contribution in [0.3, 0.4) is 0 Å². The maximum atomic E-state index is 11.3. The Bertz CT molecular complexity index is 171. The van der Waals surface area contributed by atoms with Gasteiger partial charge < -0.3 is 4.74 Å². The van der Waals surface area contributed by atoms with Gasteiger partial charge >= 0.3 is 5.97 Å². The Morgan fingerprint density at radius 1 is 1.36 bits per heavy atom. The van der Waals surface area contributed by atoms with E-state index in [-0.39, 0.29) is 11.6 Å². The number of hydrogen-bond donors (Lipinski definition) is 0. The van der Waals surface area contributed by atoms with Crippen LogP contribution < -0.4 is 0 Å². The first kappa shape index (κ1) is 13.9. The summed E-state index contributed by atoms with van der Waals surface area (Å²) in [5.41, 5.74) is -0.347. The summed E-state index contributed by atoms with van der Waals surface area (Å²) >= 11 is 3.47. The zero-order valence-corrected chi connectivity index (χ0v) is 11.2. The molecule has 84 valence electrons. The molecule has 0 saturated heterocycles. The lowest BCUT2D eigenvalue weighted by atomic mass is 10.1. The Hall–Kier alpha value is -0.0500. The minimum Gasteiger partial charge on any atom is -0.460 e. The van der Waals surface area contributed by atoms with Gasteiger partial charge in [-0.05, 0) is 33.6 Å². The predicted molar refractivity (Wildman–Crippen MR) is 62.7 cm³/mol. The molecule has 0 radical (unpaired) electrons. The second-order valence-electron chi connectivity index (χ2n) is 4.61. The van der Waals surface area contributed by atoms with E-state index in [4.69, 9.17) is 4.74 Å². The molecule has 0 rings (SSSR count). The van der Waals surface area contributed by atoms with Crippen molar-refractivity contribution >= 4 is 21.9 Å². The lowest BCUT2D eigenvalue weighted by Gasteiger charge is -2.19. The summed E-state index contributed by atoms with van der Waals surface area (Å²) in [4.78, 5) is 11.8. The Kier molecular flexibility index (Phi) is 6.41. The zero-order chi connectivity index (χ0) is 11.2. The molecule has 0 aliphatic rings. The molecule has 0 aliphatic heterocycles. The van der Waals surface area contributed by atoms with E-state index in [9.17, 15) is 4.79 Å². The third kappa shape index (κ3) is 10.0. The standard InChI is InChI=1S/C11H21BrO2/c1-9(12)7-5-6-8-10(13)14-11(2,3)4/h9H,5-8H2,1-4H3/t9-/m0/s1. The molecule has 0 fully saturated rings. The van der Waals surface area contributed by atoms with Gasteiger partial charge in [0, 0.05) is 11.2 Å². The largest absolute Gasteiger partial charge is 0.460 e. The van der Waals surface area contributed by atoms with Crippen LogP contribution in [0.4, 0.5) is 0 Å². The van der Waals surface area contributed by atoms with Crippen LogP contribution in [0.2, 0.25) is 0 Å². The minimum atomic E-state index is -0.347. The quantitative estimate of drug-likeness (QED) is 0.430. The van der Waals surface area contributed by atoms with Crippen molar-refractivity contribution in [1.82, 2.24) is 0 Å². The summed E-state index contributed by atoms with van der Waals surface area (Å²) in [5.74, 6) is -0.0836. The average molecular weight is 265 g/mol. The van der Waals surface area contributed by atoms with Crippen LogP contribution in [0.5, 0.6) is 0 Å². The number of ether oxygens (including phenoxy) is 1. The number of rotatable bonds is 5. The fourth-order valence-electron chi connectivity index (χ4n) is 1.09. The molecule has 0 N–H and O–H groups in total. The molecule has 0 heterocycles. The molecule has 2 nitrogen and oxygen atoms in total. The number of hydrogen-bond acceptors (Lipinski definition) is 2. The summed E-state index contributed by atoms with van der Waals surface area (Å²) in [6.07, 6.45) is 3.65. The number of esters is 1. The lowest BCUT2D eigenvalue weighted by molar-refractivity contribution is -0.154. The summed E-state index contributed by atoms with van der Waals surface area (Å²) in [5, 5.41) is 0. The van der Waals surface area contributed by atoms with Gasteiger partial charge in [-0.25, -0.2) is 0 Å². The minimum absolute atomic E-state index is 0.0836. The van der Waals surface area contributed by atoms with Crippen molar-refractivity contribution < 1.29 is 9.53 Å². The Morgan fingerprint density at radius 3 is 2.36 bits per heavy atom. The molecule has 0 amide bonds. The fraction of sp³-hybridized carbons (Fsp3) is 0.909. The van der Waals surface area contributed by atoms with Gasteiger partial charge in [-0.1, -0.05) is 29.3 Å². The normalized spacial score (nSPS) is 13.8. The van der Waals surface area contributed by atoms with E-state index < -0.39 is 0 Å². The van der Waals surface area contributed by atoms with Gasteiger partial charge in [-0.3, -0.25) is 4.79 Å². The molecule has 0 bridgehead atoms. The van der Waals surface area contributed by atoms with Crippen LogP contribution in [-0.4, -0.2) is 16.4 Å². The molecule has 0 spiro atoms. The molecule has 1 atom stereocenters. The van der Waals surface area contributed by atoms with Gasteiger partial charge in [0.25, 0.3) is 0 Å². The van der Waals surface area contributed by atoms with E-state index in [0.717, 1.165) is 19.3 Å². The molecule has 14 heavy (non-hydrogen) atoms. The van der Waals surface area contributed by atoms with Crippen molar-refractivity contribution in [3.8, 4) is 0 Å². The van der Waals surface area contributed by atoms with Gasteiger partial charge in [0.2, 0.25) is 0 Å². The van der Waals surface area contributed by atoms with Gasteiger partial charge in [0.05, 0.1) is 0 Å². The van der Waals surface area contributed by atoms with Crippen molar-refractivity contribution in [2.24, 2.45) is 0 Å². The molecular weight excluding hydrogens is 244 g/mol. The smallest absolute Gasteiger partial charge is 0.306 e. The molecule has 0 aromatic heterocycles. The first-order valence-corrected chi connectivity index (χ1v) is 6.09. The average Bonchev–Trinajstić information content (AvgIpc) is 1.94. The van der Waals surface area contributed by atoms with E-state index >= 15 is 0 Å². The zero-order valence-electron chi connectivity index (χ0n) is 9.60. The van der Waals surface area contributed by atoms with Crippen LogP contribution in [0.15, 0.2) is 0 Å². The number of alkyl halides is 1. The van der Waals surface area contributed by atoms with Crippen molar-refractivity contribution in [3.63, 3.8) is 0 Å². The highest BCUT2D eigenvalue weighted by atomic mass is 79.9. The molecule has 3 heteroatoms. The van der Waals surface area contributed by atoms with E-state index in [2.05, 4.69) is 22.9 Å². The maximum absolute atomic E-state index is 11.3. The first-order valence-electron chi connectivity index (χ1n) is 5.17. The highest BCUT2D eigenvalue weighted by Gasteiger charge is 2.15. The molecule has 0 unspecified atom stereocenters. The van der Waals surface area contributed by atoms with E-state index in [0.29, 0.717) is 11.2 Å². The number of unbranched alkanes of at least 4 members (excludes halogenated alkanes) is 1. The van der Waals surface area contributed by atoms with Crippen LogP contribution in [-0.2, 0) is 9.53 Å². The third-order valence-electron chi connectivity index (χ3n) is 1.65. The van der Waals surface area contributed by atoms with E-state index in [1.165, 1.54) is 0 Å². The fourth-order valence-corrected chi connectivity index (χ4v) is 1.41. The number of halogens is 1. The summed E-state index contributed by atoms with van der Waals surface area (Å²) in [6.45, 7) is 7.80. The van der Waals surface area contributed by atoms with Gasteiger partial charge in [-0.2, -0.15) is 0 Å². The van der Waals surface area contributed by atoms with Crippen molar-refractivity contribution in [1.29, 1.82) is 0 Å². The number of carbonyl (C=O) groups is 1.